The van der Waals surface area contributed by atoms with E-state index in [1.807, 2.05) is 45.0 Å². The van der Waals surface area contributed by atoms with Crippen molar-refractivity contribution in [2.75, 3.05) is 6.54 Å². The van der Waals surface area contributed by atoms with Gasteiger partial charge in [0.2, 0.25) is 11.8 Å². The van der Waals surface area contributed by atoms with Gasteiger partial charge in [-0.1, -0.05) is 42.0 Å². The number of nitrogens with one attached hydrogen (secondary N) is 1. The number of aryl methyl sites for hydroxylation is 1. The lowest BCUT2D eigenvalue weighted by Crippen LogP contribution is -2.49. The first-order chi connectivity index (χ1) is 15.7. The zero-order valence-electron chi connectivity index (χ0n) is 19.6. The lowest BCUT2D eigenvalue weighted by Gasteiger charge is -2.29. The van der Waals surface area contributed by atoms with Crippen molar-refractivity contribution in [3.63, 3.8) is 0 Å². The van der Waals surface area contributed by atoms with Crippen LogP contribution in [0, 0.1) is 6.92 Å². The highest BCUT2D eigenvalue weighted by Crippen LogP contribution is 2.23. The molecule has 1 N–H and O–H groups in total. The predicted molar refractivity (Wildman–Crippen MR) is 126 cm³/mol. The van der Waals surface area contributed by atoms with Crippen LogP contribution < -0.4 is 5.32 Å². The Morgan fingerprint density at radius 1 is 0.939 bits per heavy atom. The second-order valence-corrected chi connectivity index (χ2v) is 8.76. The Morgan fingerprint density at radius 2 is 1.52 bits per heavy atom. The molecule has 0 fully saturated rings. The fourth-order valence-corrected chi connectivity index (χ4v) is 3.85. The van der Waals surface area contributed by atoms with Crippen molar-refractivity contribution in [2.45, 2.75) is 59.2 Å². The summed E-state index contributed by atoms with van der Waals surface area (Å²) in [5.74, 6) is -1.07. The van der Waals surface area contributed by atoms with Crippen LogP contribution in [0.1, 0.15) is 65.5 Å². The summed E-state index contributed by atoms with van der Waals surface area (Å²) in [6.45, 7) is 7.91. The molecule has 1 heterocycles. The van der Waals surface area contributed by atoms with Crippen LogP contribution in [-0.4, -0.2) is 52.1 Å². The summed E-state index contributed by atoms with van der Waals surface area (Å²) in [4.78, 5) is 53.6. The smallest absolute Gasteiger partial charge is 0.261 e. The molecule has 3 rings (SSSR count). The van der Waals surface area contributed by atoms with E-state index in [0.717, 1.165) is 11.1 Å². The van der Waals surface area contributed by atoms with Crippen molar-refractivity contribution in [3.05, 3.63) is 70.8 Å². The minimum absolute atomic E-state index is 0.0369. The molecule has 7 nitrogen and oxygen atoms in total. The number of rotatable bonds is 9. The molecule has 0 saturated carbocycles. The molecule has 0 bridgehead atoms. The van der Waals surface area contributed by atoms with Crippen LogP contribution in [0.3, 0.4) is 0 Å². The van der Waals surface area contributed by atoms with E-state index >= 15 is 0 Å². The van der Waals surface area contributed by atoms with Gasteiger partial charge in [0, 0.05) is 25.6 Å². The first-order valence-corrected chi connectivity index (χ1v) is 11.3. The number of fused-ring (bicyclic) bond motifs is 1. The van der Waals surface area contributed by atoms with Gasteiger partial charge in [0.05, 0.1) is 11.1 Å². The van der Waals surface area contributed by atoms with E-state index in [2.05, 4.69) is 5.32 Å². The number of imide groups is 1. The summed E-state index contributed by atoms with van der Waals surface area (Å²) in [5, 5.41) is 2.86. The van der Waals surface area contributed by atoms with E-state index in [9.17, 15) is 19.2 Å². The second kappa shape index (κ2) is 10.4. The molecule has 7 heteroatoms. The molecule has 2 aromatic rings. The molecule has 2 aromatic carbocycles. The summed E-state index contributed by atoms with van der Waals surface area (Å²) in [6.07, 6.45) is 0.450. The van der Waals surface area contributed by atoms with E-state index in [0.29, 0.717) is 24.1 Å². The van der Waals surface area contributed by atoms with E-state index in [-0.39, 0.29) is 42.6 Å². The SMILES string of the molecule is Cc1ccc(CN(C(=O)CCCN2C(=O)c3ccccc3C2=O)[C@@H](C)C(=O)NC(C)C)cc1. The Labute approximate surface area is 194 Å². The zero-order valence-corrected chi connectivity index (χ0v) is 19.6. The van der Waals surface area contributed by atoms with Crippen molar-refractivity contribution in [1.82, 2.24) is 15.1 Å². The molecule has 0 spiro atoms. The van der Waals surface area contributed by atoms with Gasteiger partial charge in [0.25, 0.3) is 11.8 Å². The van der Waals surface area contributed by atoms with Gasteiger partial charge in [-0.3, -0.25) is 24.1 Å². The van der Waals surface area contributed by atoms with Crippen LogP contribution in [0.4, 0.5) is 0 Å². The molecular weight excluding hydrogens is 418 g/mol. The number of carbonyl (C=O) groups is 4. The van der Waals surface area contributed by atoms with Gasteiger partial charge in [-0.15, -0.1) is 0 Å². The number of hydrogen-bond acceptors (Lipinski definition) is 4. The van der Waals surface area contributed by atoms with E-state index < -0.39 is 6.04 Å². The minimum atomic E-state index is -0.652. The third kappa shape index (κ3) is 5.66. The van der Waals surface area contributed by atoms with Crippen LogP contribution in [-0.2, 0) is 16.1 Å². The molecule has 1 aliphatic heterocycles. The van der Waals surface area contributed by atoms with Gasteiger partial charge in [-0.25, -0.2) is 0 Å². The standard InChI is InChI=1S/C26H31N3O4/c1-17(2)27-24(31)19(4)29(16-20-13-11-18(3)12-14-20)23(30)10-7-15-28-25(32)21-8-5-6-9-22(21)26(28)33/h5-6,8-9,11-14,17,19H,7,10,15-16H2,1-4H3,(H,27,31)/t19-/m0/s1. The van der Waals surface area contributed by atoms with Crippen LogP contribution in [0.15, 0.2) is 48.5 Å². The molecule has 1 aliphatic rings. The molecule has 33 heavy (non-hydrogen) atoms. The molecular formula is C26H31N3O4. The Balaban J connectivity index is 1.66. The quantitative estimate of drug-likeness (QED) is 0.595. The third-order valence-corrected chi connectivity index (χ3v) is 5.72. The number of benzene rings is 2. The number of nitrogens with zero attached hydrogens (tertiary/aromatic N) is 2. The topological polar surface area (TPSA) is 86.8 Å². The lowest BCUT2D eigenvalue weighted by atomic mass is 10.1. The maximum atomic E-state index is 13.2. The summed E-state index contributed by atoms with van der Waals surface area (Å²) in [5.41, 5.74) is 2.84. The van der Waals surface area contributed by atoms with Gasteiger partial charge in [-0.05, 0) is 51.8 Å². The fourth-order valence-electron chi connectivity index (χ4n) is 3.85. The fraction of sp³-hybridized carbons (Fsp3) is 0.385. The van der Waals surface area contributed by atoms with Gasteiger partial charge in [0.15, 0.2) is 0 Å². The summed E-state index contributed by atoms with van der Waals surface area (Å²) in [6, 6.07) is 13.9. The average molecular weight is 450 g/mol. The molecule has 4 amide bonds. The highest BCUT2D eigenvalue weighted by molar-refractivity contribution is 6.21. The molecule has 174 valence electrons. The Morgan fingerprint density at radius 3 is 2.06 bits per heavy atom. The minimum Gasteiger partial charge on any atom is -0.352 e. The van der Waals surface area contributed by atoms with Gasteiger partial charge < -0.3 is 10.2 Å². The Kier molecular flexibility index (Phi) is 7.63. The first-order valence-electron chi connectivity index (χ1n) is 11.3. The highest BCUT2D eigenvalue weighted by Gasteiger charge is 2.35. The maximum absolute atomic E-state index is 13.2. The van der Waals surface area contributed by atoms with Crippen molar-refractivity contribution < 1.29 is 19.2 Å². The highest BCUT2D eigenvalue weighted by atomic mass is 16.2. The monoisotopic (exact) mass is 449 g/mol. The number of amides is 4. The largest absolute Gasteiger partial charge is 0.352 e. The molecule has 0 aromatic heterocycles. The Bertz CT molecular complexity index is 1010. The number of hydrogen-bond donors (Lipinski definition) is 1. The normalized spacial score (nSPS) is 13.8. The van der Waals surface area contributed by atoms with Crippen molar-refractivity contribution in [3.8, 4) is 0 Å². The zero-order chi connectivity index (χ0) is 24.1. The van der Waals surface area contributed by atoms with Crippen LogP contribution in [0.2, 0.25) is 0 Å². The molecule has 0 saturated heterocycles. The van der Waals surface area contributed by atoms with Crippen molar-refractivity contribution >= 4 is 23.6 Å². The van der Waals surface area contributed by atoms with E-state index in [1.165, 1.54) is 4.90 Å². The van der Waals surface area contributed by atoms with Gasteiger partial charge in [-0.2, -0.15) is 0 Å². The second-order valence-electron chi connectivity index (χ2n) is 8.76. The average Bonchev–Trinajstić information content (AvgIpc) is 3.02. The van der Waals surface area contributed by atoms with Gasteiger partial charge >= 0.3 is 0 Å². The third-order valence-electron chi connectivity index (χ3n) is 5.72. The van der Waals surface area contributed by atoms with E-state index in [1.54, 1.807) is 36.1 Å². The van der Waals surface area contributed by atoms with Crippen LogP contribution in [0.25, 0.3) is 0 Å². The van der Waals surface area contributed by atoms with Crippen LogP contribution >= 0.6 is 0 Å². The van der Waals surface area contributed by atoms with Crippen LogP contribution in [0.5, 0.6) is 0 Å². The predicted octanol–water partition coefficient (Wildman–Crippen LogP) is 3.31. The lowest BCUT2D eigenvalue weighted by molar-refractivity contribution is -0.140. The molecule has 0 unspecified atom stereocenters. The van der Waals surface area contributed by atoms with Crippen molar-refractivity contribution in [1.29, 1.82) is 0 Å². The summed E-state index contributed by atoms with van der Waals surface area (Å²) in [7, 11) is 0. The van der Waals surface area contributed by atoms with Crippen molar-refractivity contribution in [2.24, 2.45) is 0 Å². The van der Waals surface area contributed by atoms with E-state index in [4.69, 9.17) is 0 Å². The number of carbonyl (C=O) groups excluding carboxylic acids is 4. The van der Waals surface area contributed by atoms with Gasteiger partial charge in [0.1, 0.15) is 6.04 Å². The maximum Gasteiger partial charge on any atom is 0.261 e. The summed E-state index contributed by atoms with van der Waals surface area (Å²) >= 11 is 0. The molecule has 0 radical (unpaired) electrons. The summed E-state index contributed by atoms with van der Waals surface area (Å²) < 4.78 is 0. The molecule has 0 aliphatic carbocycles. The first kappa shape index (κ1) is 24.2. The Hall–Kier alpha value is -3.48. The molecule has 1 atom stereocenters.